The number of hydrogen-bond donors (Lipinski definition) is 2. The first-order chi connectivity index (χ1) is 4.70. The van der Waals surface area contributed by atoms with E-state index < -0.39 is 5.91 Å². The maximum absolute atomic E-state index is 10.4. The summed E-state index contributed by atoms with van der Waals surface area (Å²) in [5, 5.41) is 5.85. The molecule has 1 amide bonds. The van der Waals surface area contributed by atoms with Crippen molar-refractivity contribution in [1.29, 1.82) is 0 Å². The van der Waals surface area contributed by atoms with Gasteiger partial charge in [-0.3, -0.25) is 9.89 Å². The van der Waals surface area contributed by atoms with Crippen molar-refractivity contribution in [1.82, 2.24) is 15.2 Å². The Balaban J connectivity index is 3.12. The Morgan fingerprint density at radius 2 is 2.50 bits per heavy atom. The molecule has 6 heteroatoms. The zero-order chi connectivity index (χ0) is 7.56. The van der Waals surface area contributed by atoms with Gasteiger partial charge in [0.2, 0.25) is 4.77 Å². The lowest BCUT2D eigenvalue weighted by Crippen LogP contribution is -2.14. The quantitative estimate of drug-likeness (QED) is 0.543. The first-order valence-corrected chi connectivity index (χ1v) is 2.82. The molecule has 0 spiro atoms. The smallest absolute Gasteiger partial charge is 0.270 e. The van der Waals surface area contributed by atoms with Crippen LogP contribution in [0.3, 0.4) is 0 Å². The van der Waals surface area contributed by atoms with Crippen molar-refractivity contribution in [2.75, 3.05) is 0 Å². The Kier molecular flexibility index (Phi) is 1.72. The Morgan fingerprint density at radius 1 is 1.80 bits per heavy atom. The highest BCUT2D eigenvalue weighted by atomic mass is 32.1. The molecule has 1 aromatic heterocycles. The Labute approximate surface area is 61.3 Å². The van der Waals surface area contributed by atoms with E-state index in [1.807, 2.05) is 0 Å². The molecule has 0 aliphatic carbocycles. The van der Waals surface area contributed by atoms with Crippen LogP contribution in [-0.2, 0) is 0 Å². The van der Waals surface area contributed by atoms with E-state index in [1.165, 1.54) is 6.20 Å². The van der Waals surface area contributed by atoms with E-state index in [-0.39, 0.29) is 10.5 Å². The number of primary amides is 1. The van der Waals surface area contributed by atoms with Gasteiger partial charge in [-0.2, -0.15) is 5.10 Å². The van der Waals surface area contributed by atoms with Crippen LogP contribution in [0.15, 0.2) is 6.20 Å². The topological polar surface area (TPSA) is 84.7 Å². The fraction of sp³-hybridized carbons (Fsp3) is 0. The van der Waals surface area contributed by atoms with E-state index in [0.29, 0.717) is 0 Å². The molecule has 0 aliphatic heterocycles. The standard InChI is InChI=1S/C4H4N4OS/c5-3(9)2-1-6-4(10)8-7-2/h1H,(H2,5,9)(H,6,8,10). The van der Waals surface area contributed by atoms with Gasteiger partial charge in [-0.1, -0.05) is 0 Å². The van der Waals surface area contributed by atoms with Crippen LogP contribution >= 0.6 is 12.2 Å². The largest absolute Gasteiger partial charge is 0.364 e. The Hall–Kier alpha value is -1.30. The fourth-order valence-electron chi connectivity index (χ4n) is 0.404. The lowest BCUT2D eigenvalue weighted by molar-refractivity contribution is 0.0994. The molecule has 0 unspecified atom stereocenters. The van der Waals surface area contributed by atoms with E-state index in [2.05, 4.69) is 27.4 Å². The molecule has 5 nitrogen and oxygen atoms in total. The SMILES string of the molecule is NC(=O)c1cnc(=S)[nH]n1. The van der Waals surface area contributed by atoms with E-state index in [4.69, 9.17) is 5.73 Å². The first-order valence-electron chi connectivity index (χ1n) is 2.41. The second-order valence-corrected chi connectivity index (χ2v) is 1.92. The van der Waals surface area contributed by atoms with Crippen molar-refractivity contribution in [3.8, 4) is 0 Å². The highest BCUT2D eigenvalue weighted by Gasteiger charge is 1.99. The number of carbonyl (C=O) groups is 1. The summed E-state index contributed by atoms with van der Waals surface area (Å²) in [5.41, 5.74) is 4.95. The van der Waals surface area contributed by atoms with Crippen molar-refractivity contribution in [3.63, 3.8) is 0 Å². The molecule has 0 radical (unpaired) electrons. The number of H-pyrrole nitrogens is 1. The molecule has 0 saturated heterocycles. The number of amides is 1. The summed E-state index contributed by atoms with van der Waals surface area (Å²) < 4.78 is 0.227. The van der Waals surface area contributed by atoms with Crippen LogP contribution in [-0.4, -0.2) is 21.1 Å². The van der Waals surface area contributed by atoms with Crippen LogP contribution in [0, 0.1) is 4.77 Å². The van der Waals surface area contributed by atoms with Gasteiger partial charge in [0.15, 0.2) is 5.69 Å². The van der Waals surface area contributed by atoms with Crippen molar-refractivity contribution in [3.05, 3.63) is 16.7 Å². The van der Waals surface area contributed by atoms with Crippen molar-refractivity contribution in [2.24, 2.45) is 5.73 Å². The predicted molar refractivity (Wildman–Crippen MR) is 35.7 cm³/mol. The van der Waals surface area contributed by atoms with Crippen LogP contribution < -0.4 is 5.73 Å². The van der Waals surface area contributed by atoms with Crippen molar-refractivity contribution in [2.45, 2.75) is 0 Å². The fourth-order valence-corrected chi connectivity index (χ4v) is 0.503. The van der Waals surface area contributed by atoms with Gasteiger partial charge in [0.05, 0.1) is 6.20 Å². The molecular formula is C4H4N4OS. The molecule has 1 aromatic rings. The van der Waals surface area contributed by atoms with Crippen LogP contribution in [0.4, 0.5) is 0 Å². The first kappa shape index (κ1) is 6.81. The van der Waals surface area contributed by atoms with Gasteiger partial charge in [-0.15, -0.1) is 0 Å². The maximum atomic E-state index is 10.4. The van der Waals surface area contributed by atoms with E-state index in [0.717, 1.165) is 0 Å². The molecule has 10 heavy (non-hydrogen) atoms. The molecule has 52 valence electrons. The van der Waals surface area contributed by atoms with Gasteiger partial charge in [-0.25, -0.2) is 4.98 Å². The van der Waals surface area contributed by atoms with Crippen LogP contribution in [0.25, 0.3) is 0 Å². The summed E-state index contributed by atoms with van der Waals surface area (Å²) in [4.78, 5) is 14.0. The zero-order valence-corrected chi connectivity index (χ0v) is 5.68. The number of nitrogens with one attached hydrogen (secondary N) is 1. The summed E-state index contributed by atoms with van der Waals surface area (Å²) in [5.74, 6) is -0.626. The minimum atomic E-state index is -0.626. The number of carbonyl (C=O) groups excluding carboxylic acids is 1. The summed E-state index contributed by atoms with van der Waals surface area (Å²) in [7, 11) is 0. The minimum Gasteiger partial charge on any atom is -0.364 e. The van der Waals surface area contributed by atoms with Crippen LogP contribution in [0.1, 0.15) is 10.5 Å². The van der Waals surface area contributed by atoms with E-state index in [1.54, 1.807) is 0 Å². The lowest BCUT2D eigenvalue weighted by Gasteiger charge is -1.89. The molecule has 0 aromatic carbocycles. The van der Waals surface area contributed by atoms with Crippen LogP contribution in [0.2, 0.25) is 0 Å². The van der Waals surface area contributed by atoms with Crippen LogP contribution in [0.5, 0.6) is 0 Å². The van der Waals surface area contributed by atoms with Crippen molar-refractivity contribution >= 4 is 18.1 Å². The molecular weight excluding hydrogens is 152 g/mol. The molecule has 0 atom stereocenters. The predicted octanol–water partition coefficient (Wildman–Crippen LogP) is -0.367. The number of rotatable bonds is 1. The number of aromatic nitrogens is 3. The average molecular weight is 156 g/mol. The second kappa shape index (κ2) is 2.53. The monoisotopic (exact) mass is 156 g/mol. The van der Waals surface area contributed by atoms with Gasteiger partial charge >= 0.3 is 0 Å². The number of hydrogen-bond acceptors (Lipinski definition) is 4. The zero-order valence-electron chi connectivity index (χ0n) is 4.87. The van der Waals surface area contributed by atoms with Crippen molar-refractivity contribution < 1.29 is 4.79 Å². The normalized spacial score (nSPS) is 9.20. The maximum Gasteiger partial charge on any atom is 0.270 e. The van der Waals surface area contributed by atoms with Gasteiger partial charge in [0, 0.05) is 0 Å². The van der Waals surface area contributed by atoms with Gasteiger partial charge in [0.25, 0.3) is 5.91 Å². The average Bonchev–Trinajstić information content (AvgIpc) is 1.88. The number of nitrogens with two attached hydrogens (primary N) is 1. The number of aromatic amines is 1. The summed E-state index contributed by atoms with van der Waals surface area (Å²) in [6.45, 7) is 0. The third-order valence-electron chi connectivity index (χ3n) is 0.829. The minimum absolute atomic E-state index is 0.0774. The molecule has 0 aliphatic rings. The molecule has 0 fully saturated rings. The summed E-state index contributed by atoms with van der Waals surface area (Å²) >= 11 is 4.58. The lowest BCUT2D eigenvalue weighted by atomic mass is 10.5. The third kappa shape index (κ3) is 1.35. The highest BCUT2D eigenvalue weighted by Crippen LogP contribution is 1.84. The molecule has 0 bridgehead atoms. The van der Waals surface area contributed by atoms with Gasteiger partial charge < -0.3 is 5.73 Å². The highest BCUT2D eigenvalue weighted by molar-refractivity contribution is 7.71. The van der Waals surface area contributed by atoms with Gasteiger partial charge in [-0.05, 0) is 12.2 Å². The summed E-state index contributed by atoms with van der Waals surface area (Å²) in [6, 6.07) is 0. The van der Waals surface area contributed by atoms with Gasteiger partial charge in [0.1, 0.15) is 0 Å². The third-order valence-corrected chi connectivity index (χ3v) is 1.03. The second-order valence-electron chi connectivity index (χ2n) is 1.54. The molecule has 1 heterocycles. The molecule has 1 rings (SSSR count). The molecule has 3 N–H and O–H groups in total. The van der Waals surface area contributed by atoms with E-state index in [9.17, 15) is 4.79 Å². The Morgan fingerprint density at radius 3 is 2.90 bits per heavy atom. The summed E-state index contributed by atoms with van der Waals surface area (Å²) in [6.07, 6.45) is 1.22. The number of nitrogens with zero attached hydrogens (tertiary/aromatic N) is 2. The molecule has 0 saturated carbocycles. The van der Waals surface area contributed by atoms with E-state index >= 15 is 0 Å². The Bertz CT molecular complexity index is 286.